The Balaban J connectivity index is 1.34. The number of nitro groups is 1. The van der Waals surface area contributed by atoms with Gasteiger partial charge < -0.3 is 24.4 Å². The second kappa shape index (κ2) is 15.0. The lowest BCUT2D eigenvalue weighted by molar-refractivity contribution is -0.384. The number of nitro benzene ring substituents is 1. The number of benzene rings is 5. The number of esters is 1. The highest BCUT2D eigenvalue weighted by Gasteiger charge is 2.76. The van der Waals surface area contributed by atoms with Crippen molar-refractivity contribution in [1.82, 2.24) is 4.90 Å². The molecule has 2 saturated heterocycles. The van der Waals surface area contributed by atoms with Crippen molar-refractivity contribution in [3.8, 4) is 5.75 Å². The van der Waals surface area contributed by atoms with E-state index in [4.69, 9.17) is 14.2 Å². The minimum absolute atomic E-state index is 0.0471. The maximum atomic E-state index is 15.6. The predicted molar refractivity (Wildman–Crippen MR) is 202 cm³/mol. The van der Waals surface area contributed by atoms with Crippen molar-refractivity contribution in [3.63, 3.8) is 0 Å². The van der Waals surface area contributed by atoms with Gasteiger partial charge in [0.05, 0.1) is 29.3 Å². The van der Waals surface area contributed by atoms with Gasteiger partial charge >= 0.3 is 18.0 Å². The zero-order chi connectivity index (χ0) is 39.8. The fourth-order valence-corrected chi connectivity index (χ4v) is 8.68. The molecule has 3 aliphatic rings. The van der Waals surface area contributed by atoms with E-state index >= 15 is 4.79 Å². The predicted octanol–water partition coefficient (Wildman–Crippen LogP) is 6.05. The van der Waals surface area contributed by atoms with Gasteiger partial charge in [0.1, 0.15) is 42.4 Å². The topological polar surface area (TPSA) is 186 Å². The molecule has 0 aromatic heterocycles. The van der Waals surface area contributed by atoms with Gasteiger partial charge in [-0.15, -0.1) is 0 Å². The summed E-state index contributed by atoms with van der Waals surface area (Å²) in [6.45, 7) is -0.688. The van der Waals surface area contributed by atoms with E-state index < -0.39 is 64.4 Å². The van der Waals surface area contributed by atoms with Crippen LogP contribution in [0.1, 0.15) is 46.0 Å². The van der Waals surface area contributed by atoms with Crippen LogP contribution < -0.4 is 9.64 Å². The molecule has 0 aliphatic carbocycles. The van der Waals surface area contributed by atoms with Gasteiger partial charge in [0.15, 0.2) is 0 Å². The highest BCUT2D eigenvalue weighted by atomic mass is 16.6. The number of aliphatic carboxylic acids is 1. The summed E-state index contributed by atoms with van der Waals surface area (Å²) in [6.07, 6.45) is -2.06. The fourth-order valence-electron chi connectivity index (χ4n) is 8.68. The standard InChI is InChI=1S/C43H35N3O11/c47-22-23-55-31-15-9-14-29(24-31)38-43(32-16-7-8-17-33(32)44(41(43)51)42(52)56-25-26-18-20-30(21-19-26)46(53)54)34(39(48)49)36-40(50)57-37(28-12-5-2-6-13-28)35(45(36)38)27-10-3-1-4-11-27/h1-21,24,34-38,47H,22-23,25H2,(H,48,49)/t34-,35-,36-,37+,38+,43-/m1/s1. The molecule has 1 spiro atoms. The van der Waals surface area contributed by atoms with Gasteiger partial charge in [0.2, 0.25) is 5.91 Å². The van der Waals surface area contributed by atoms with Gasteiger partial charge in [-0.2, -0.15) is 0 Å². The van der Waals surface area contributed by atoms with Crippen molar-refractivity contribution in [1.29, 1.82) is 0 Å². The third-order valence-corrected chi connectivity index (χ3v) is 10.9. The average molecular weight is 770 g/mol. The van der Waals surface area contributed by atoms with E-state index in [1.807, 2.05) is 48.5 Å². The molecule has 288 valence electrons. The number of rotatable bonds is 10. The molecule has 2 fully saturated rings. The number of carboxylic acid groups (broad SMARTS) is 1. The summed E-state index contributed by atoms with van der Waals surface area (Å²) >= 11 is 0. The zero-order valence-electron chi connectivity index (χ0n) is 30.1. The molecule has 2 amide bonds. The molecule has 0 bridgehead atoms. The molecule has 0 radical (unpaired) electrons. The number of amides is 2. The van der Waals surface area contributed by atoms with Gasteiger partial charge in [-0.25, -0.2) is 9.69 Å². The Morgan fingerprint density at radius 3 is 2.12 bits per heavy atom. The Hall–Kier alpha value is -6.90. The largest absolute Gasteiger partial charge is 0.491 e. The lowest BCUT2D eigenvalue weighted by Gasteiger charge is -2.46. The summed E-state index contributed by atoms with van der Waals surface area (Å²) in [5, 5.41) is 32.1. The van der Waals surface area contributed by atoms with Gasteiger partial charge in [-0.1, -0.05) is 91.0 Å². The number of cyclic esters (lactones) is 1. The summed E-state index contributed by atoms with van der Waals surface area (Å²) in [5.41, 5.74) is 0.101. The summed E-state index contributed by atoms with van der Waals surface area (Å²) in [4.78, 5) is 71.5. The maximum absolute atomic E-state index is 15.6. The van der Waals surface area contributed by atoms with Crippen LogP contribution in [0.5, 0.6) is 5.75 Å². The van der Waals surface area contributed by atoms with Crippen molar-refractivity contribution < 1.29 is 48.5 Å². The Morgan fingerprint density at radius 2 is 1.46 bits per heavy atom. The zero-order valence-corrected chi connectivity index (χ0v) is 30.1. The minimum Gasteiger partial charge on any atom is -0.491 e. The Labute approximate surface area is 325 Å². The van der Waals surface area contributed by atoms with Crippen molar-refractivity contribution in [2.24, 2.45) is 5.92 Å². The van der Waals surface area contributed by atoms with Crippen LogP contribution >= 0.6 is 0 Å². The first kappa shape index (κ1) is 37.0. The molecule has 57 heavy (non-hydrogen) atoms. The summed E-state index contributed by atoms with van der Waals surface area (Å²) < 4.78 is 17.7. The summed E-state index contributed by atoms with van der Waals surface area (Å²) in [5.74, 6) is -4.72. The van der Waals surface area contributed by atoms with Crippen LogP contribution in [0.25, 0.3) is 0 Å². The number of aliphatic hydroxyl groups is 1. The number of hydrogen-bond acceptors (Lipinski definition) is 11. The first-order valence-electron chi connectivity index (χ1n) is 18.1. The van der Waals surface area contributed by atoms with Crippen LogP contribution in [0.4, 0.5) is 16.2 Å². The highest BCUT2D eigenvalue weighted by molar-refractivity contribution is 6.23. The molecule has 0 saturated carbocycles. The summed E-state index contributed by atoms with van der Waals surface area (Å²) in [7, 11) is 0. The Morgan fingerprint density at radius 1 is 0.807 bits per heavy atom. The molecule has 5 aromatic carbocycles. The van der Waals surface area contributed by atoms with Crippen LogP contribution in [0.3, 0.4) is 0 Å². The number of fused-ring (bicyclic) bond motifs is 3. The van der Waals surface area contributed by atoms with E-state index in [1.54, 1.807) is 59.5 Å². The Kier molecular flexibility index (Phi) is 9.73. The normalized spacial score (nSPS) is 23.7. The molecule has 2 N–H and O–H groups in total. The molecular weight excluding hydrogens is 734 g/mol. The lowest BCUT2D eigenvalue weighted by atomic mass is 9.65. The number of anilines is 1. The number of morpholine rings is 1. The fraction of sp³-hybridized carbons (Fsp3) is 0.209. The van der Waals surface area contributed by atoms with Gasteiger partial charge in [0.25, 0.3) is 5.69 Å². The van der Waals surface area contributed by atoms with E-state index in [1.165, 1.54) is 30.3 Å². The van der Waals surface area contributed by atoms with Crippen molar-refractivity contribution in [2.75, 3.05) is 18.1 Å². The molecule has 8 rings (SSSR count). The molecule has 14 nitrogen and oxygen atoms in total. The molecule has 6 atom stereocenters. The SMILES string of the molecule is O=C1O[C@@H](c2ccccc2)[C@@H](c2ccccc2)N2[C@@H](c3cccc(OCCO)c3)[C@]3(C(=O)N(C(=O)OCc4ccc([N+](=O)[O-])cc4)c4ccccc43)[C@@H](C(=O)O)[C@H]12. The van der Waals surface area contributed by atoms with Crippen LogP contribution in [0.15, 0.2) is 133 Å². The highest BCUT2D eigenvalue weighted by Crippen LogP contribution is 2.65. The number of para-hydroxylation sites is 1. The van der Waals surface area contributed by atoms with E-state index in [0.29, 0.717) is 28.0 Å². The molecule has 3 heterocycles. The van der Waals surface area contributed by atoms with Gasteiger partial charge in [-0.3, -0.25) is 29.4 Å². The quantitative estimate of drug-likeness (QED) is 0.0953. The number of ether oxygens (including phenoxy) is 3. The van der Waals surface area contributed by atoms with Gasteiger partial charge in [-0.05, 0) is 58.1 Å². The number of imide groups is 1. The first-order valence-corrected chi connectivity index (χ1v) is 18.1. The first-order chi connectivity index (χ1) is 27.7. The second-order valence-electron chi connectivity index (χ2n) is 13.9. The van der Waals surface area contributed by atoms with Crippen LogP contribution in [0.2, 0.25) is 0 Å². The van der Waals surface area contributed by atoms with E-state index in [-0.39, 0.29) is 36.8 Å². The Bertz CT molecular complexity index is 2360. The molecular formula is C43H35N3O11. The van der Waals surface area contributed by atoms with Crippen LogP contribution in [-0.4, -0.2) is 63.2 Å². The van der Waals surface area contributed by atoms with Crippen molar-refractivity contribution in [3.05, 3.63) is 171 Å². The number of carboxylic acids is 1. The average Bonchev–Trinajstić information content (AvgIpc) is 3.69. The van der Waals surface area contributed by atoms with Crippen molar-refractivity contribution >= 4 is 35.3 Å². The number of nitrogens with zero attached hydrogens (tertiary/aromatic N) is 3. The van der Waals surface area contributed by atoms with Gasteiger partial charge in [0, 0.05) is 12.1 Å². The van der Waals surface area contributed by atoms with E-state index in [9.17, 15) is 34.7 Å². The van der Waals surface area contributed by atoms with Crippen LogP contribution in [-0.2, 0) is 35.9 Å². The van der Waals surface area contributed by atoms with E-state index in [2.05, 4.69) is 0 Å². The van der Waals surface area contributed by atoms with Crippen LogP contribution in [0, 0.1) is 16.0 Å². The number of carbonyl (C=O) groups excluding carboxylic acids is 3. The maximum Gasteiger partial charge on any atom is 0.421 e. The number of hydrogen-bond donors (Lipinski definition) is 2. The molecule has 3 aliphatic heterocycles. The smallest absolute Gasteiger partial charge is 0.421 e. The number of carbonyl (C=O) groups is 4. The van der Waals surface area contributed by atoms with Crippen molar-refractivity contribution in [2.45, 2.75) is 36.3 Å². The summed E-state index contributed by atoms with van der Waals surface area (Å²) in [6, 6.07) is 33.0. The second-order valence-corrected chi connectivity index (χ2v) is 13.9. The third-order valence-electron chi connectivity index (χ3n) is 10.9. The minimum atomic E-state index is -2.13. The third kappa shape index (κ3) is 6.15. The number of non-ortho nitro benzene ring substituents is 1. The molecule has 0 unspecified atom stereocenters. The molecule has 5 aromatic rings. The lowest BCUT2D eigenvalue weighted by Crippen LogP contribution is -2.53. The monoisotopic (exact) mass is 769 g/mol. The number of aliphatic hydroxyl groups excluding tert-OH is 1. The molecule has 14 heteroatoms. The van der Waals surface area contributed by atoms with E-state index in [0.717, 1.165) is 4.90 Å².